The van der Waals surface area contributed by atoms with E-state index < -0.39 is 10.0 Å². The van der Waals surface area contributed by atoms with Crippen LogP contribution in [0, 0.1) is 11.8 Å². The van der Waals surface area contributed by atoms with Gasteiger partial charge in [-0.25, -0.2) is 18.1 Å². The Labute approximate surface area is 114 Å². The number of hydrogen-bond acceptors (Lipinski definition) is 4. The smallest absolute Gasteiger partial charge is 0.258 e. The number of aromatic nitrogens is 1. The van der Waals surface area contributed by atoms with E-state index in [1.807, 2.05) is 0 Å². The predicted molar refractivity (Wildman–Crippen MR) is 71.9 cm³/mol. The molecule has 2 unspecified atom stereocenters. The fourth-order valence-electron chi connectivity index (χ4n) is 2.48. The van der Waals surface area contributed by atoms with Gasteiger partial charge in [0.1, 0.15) is 0 Å². The van der Waals surface area contributed by atoms with E-state index >= 15 is 0 Å². The number of hydrogen-bond donors (Lipinski definition) is 2. The SMILES string of the molecule is CC1CCCC1CNS(=O)(=O)c1ccc(CO)cn1. The zero-order valence-corrected chi connectivity index (χ0v) is 11.9. The summed E-state index contributed by atoms with van der Waals surface area (Å²) < 4.78 is 26.8. The monoisotopic (exact) mass is 284 g/mol. The van der Waals surface area contributed by atoms with E-state index in [0.717, 1.165) is 6.42 Å². The highest BCUT2D eigenvalue weighted by atomic mass is 32.2. The molecule has 1 saturated carbocycles. The van der Waals surface area contributed by atoms with E-state index in [-0.39, 0.29) is 11.6 Å². The lowest BCUT2D eigenvalue weighted by atomic mass is 9.99. The Balaban J connectivity index is 2.01. The van der Waals surface area contributed by atoms with Crippen LogP contribution in [0.15, 0.2) is 23.4 Å². The number of aliphatic hydroxyl groups is 1. The highest BCUT2D eigenvalue weighted by molar-refractivity contribution is 7.89. The Morgan fingerprint density at radius 1 is 1.42 bits per heavy atom. The van der Waals surface area contributed by atoms with Crippen molar-refractivity contribution >= 4 is 10.0 Å². The fraction of sp³-hybridized carbons (Fsp3) is 0.615. The summed E-state index contributed by atoms with van der Waals surface area (Å²) in [5.41, 5.74) is 0.600. The normalized spacial score (nSPS) is 23.7. The molecule has 5 nitrogen and oxygen atoms in total. The Kier molecular flexibility index (Phi) is 4.54. The quantitative estimate of drug-likeness (QED) is 0.854. The molecule has 1 aromatic heterocycles. The van der Waals surface area contributed by atoms with Gasteiger partial charge in [-0.2, -0.15) is 0 Å². The van der Waals surface area contributed by atoms with E-state index in [1.165, 1.54) is 25.1 Å². The van der Waals surface area contributed by atoms with Gasteiger partial charge in [0, 0.05) is 12.7 Å². The minimum absolute atomic E-state index is 0.00958. The Morgan fingerprint density at radius 3 is 2.74 bits per heavy atom. The molecular formula is C13H20N2O3S. The van der Waals surface area contributed by atoms with Crippen LogP contribution >= 0.6 is 0 Å². The van der Waals surface area contributed by atoms with Gasteiger partial charge in [-0.1, -0.05) is 25.8 Å². The maximum absolute atomic E-state index is 12.1. The molecule has 6 heteroatoms. The third kappa shape index (κ3) is 3.52. The summed E-state index contributed by atoms with van der Waals surface area (Å²) in [7, 11) is -3.54. The van der Waals surface area contributed by atoms with Crippen molar-refractivity contribution in [3.05, 3.63) is 23.9 Å². The minimum atomic E-state index is -3.54. The van der Waals surface area contributed by atoms with Crippen molar-refractivity contribution in [2.24, 2.45) is 11.8 Å². The highest BCUT2D eigenvalue weighted by Crippen LogP contribution is 2.30. The lowest BCUT2D eigenvalue weighted by molar-refractivity contribution is 0.281. The summed E-state index contributed by atoms with van der Waals surface area (Å²) in [6.07, 6.45) is 4.82. The molecule has 0 radical (unpaired) electrons. The van der Waals surface area contributed by atoms with E-state index in [1.54, 1.807) is 6.07 Å². The van der Waals surface area contributed by atoms with Gasteiger partial charge in [-0.3, -0.25) is 0 Å². The van der Waals surface area contributed by atoms with Crippen LogP contribution < -0.4 is 4.72 Å². The molecule has 0 bridgehead atoms. The highest BCUT2D eigenvalue weighted by Gasteiger charge is 2.25. The molecule has 2 N–H and O–H groups in total. The third-order valence-corrected chi connectivity index (χ3v) is 5.17. The van der Waals surface area contributed by atoms with Crippen LogP contribution in [-0.2, 0) is 16.6 Å². The van der Waals surface area contributed by atoms with Crippen molar-refractivity contribution < 1.29 is 13.5 Å². The molecule has 2 atom stereocenters. The molecule has 19 heavy (non-hydrogen) atoms. The van der Waals surface area contributed by atoms with Gasteiger partial charge in [-0.05, 0) is 29.9 Å². The molecule has 0 aromatic carbocycles. The van der Waals surface area contributed by atoms with Gasteiger partial charge in [0.25, 0.3) is 10.0 Å². The van der Waals surface area contributed by atoms with E-state index in [0.29, 0.717) is 23.9 Å². The summed E-state index contributed by atoms with van der Waals surface area (Å²) in [6.45, 7) is 2.51. The van der Waals surface area contributed by atoms with Gasteiger partial charge < -0.3 is 5.11 Å². The topological polar surface area (TPSA) is 79.3 Å². The first-order valence-electron chi connectivity index (χ1n) is 6.58. The first kappa shape index (κ1) is 14.4. The molecule has 0 spiro atoms. The molecule has 1 aromatic rings. The van der Waals surface area contributed by atoms with Crippen molar-refractivity contribution in [3.63, 3.8) is 0 Å². The first-order valence-corrected chi connectivity index (χ1v) is 8.06. The number of rotatable bonds is 5. The molecule has 1 heterocycles. The number of nitrogens with one attached hydrogen (secondary N) is 1. The largest absolute Gasteiger partial charge is 0.392 e. The van der Waals surface area contributed by atoms with Gasteiger partial charge in [0.05, 0.1) is 6.61 Å². The molecule has 1 aliphatic rings. The summed E-state index contributed by atoms with van der Waals surface area (Å²) >= 11 is 0. The maximum Gasteiger partial charge on any atom is 0.258 e. The molecular weight excluding hydrogens is 264 g/mol. The average molecular weight is 284 g/mol. The average Bonchev–Trinajstić information content (AvgIpc) is 2.82. The lowest BCUT2D eigenvalue weighted by Gasteiger charge is -2.15. The predicted octanol–water partition coefficient (Wildman–Crippen LogP) is 1.29. The second kappa shape index (κ2) is 5.98. The van der Waals surface area contributed by atoms with Crippen LogP contribution in [-0.4, -0.2) is 25.1 Å². The number of nitrogens with zero attached hydrogens (tertiary/aromatic N) is 1. The van der Waals surface area contributed by atoms with Gasteiger partial charge in [0.15, 0.2) is 5.03 Å². The van der Waals surface area contributed by atoms with Crippen LogP contribution in [0.2, 0.25) is 0 Å². The summed E-state index contributed by atoms with van der Waals surface area (Å²) in [4.78, 5) is 3.87. The minimum Gasteiger partial charge on any atom is -0.392 e. The molecule has 2 rings (SSSR count). The van der Waals surface area contributed by atoms with Crippen molar-refractivity contribution in [2.45, 2.75) is 37.8 Å². The van der Waals surface area contributed by atoms with Crippen molar-refractivity contribution in [1.29, 1.82) is 0 Å². The molecule has 1 aliphatic carbocycles. The van der Waals surface area contributed by atoms with Crippen molar-refractivity contribution in [1.82, 2.24) is 9.71 Å². The van der Waals surface area contributed by atoms with E-state index in [9.17, 15) is 8.42 Å². The van der Waals surface area contributed by atoms with Crippen LogP contribution in [0.1, 0.15) is 31.7 Å². The van der Waals surface area contributed by atoms with Crippen molar-refractivity contribution in [3.8, 4) is 0 Å². The summed E-state index contributed by atoms with van der Waals surface area (Å²) in [5, 5.41) is 8.91. The Bertz CT molecular complexity index is 513. The molecule has 106 valence electrons. The Morgan fingerprint density at radius 2 is 2.21 bits per heavy atom. The number of pyridine rings is 1. The summed E-state index contributed by atoms with van der Waals surface area (Å²) in [6, 6.07) is 2.99. The molecule has 0 aliphatic heterocycles. The Hall–Kier alpha value is -0.980. The zero-order chi connectivity index (χ0) is 13.9. The van der Waals surface area contributed by atoms with Crippen molar-refractivity contribution in [2.75, 3.05) is 6.54 Å². The standard InChI is InChI=1S/C13H20N2O3S/c1-10-3-2-4-12(10)8-15-19(17,18)13-6-5-11(9-16)7-14-13/h5-7,10,12,15-16H,2-4,8-9H2,1H3. The molecule has 0 amide bonds. The van der Waals surface area contributed by atoms with Gasteiger partial charge in [0.2, 0.25) is 0 Å². The molecule has 0 saturated heterocycles. The van der Waals surface area contributed by atoms with Crippen LogP contribution in [0.4, 0.5) is 0 Å². The summed E-state index contributed by atoms with van der Waals surface area (Å²) in [5.74, 6) is 0.999. The molecule has 1 fully saturated rings. The van der Waals surface area contributed by atoms with Gasteiger partial charge >= 0.3 is 0 Å². The van der Waals surface area contributed by atoms with E-state index in [2.05, 4.69) is 16.6 Å². The second-order valence-corrected chi connectivity index (χ2v) is 6.90. The van der Waals surface area contributed by atoms with Gasteiger partial charge in [-0.15, -0.1) is 0 Å². The second-order valence-electron chi connectivity index (χ2n) is 5.18. The fourth-order valence-corrected chi connectivity index (χ4v) is 3.50. The first-order chi connectivity index (χ1) is 9.03. The van der Waals surface area contributed by atoms with Crippen LogP contribution in [0.5, 0.6) is 0 Å². The maximum atomic E-state index is 12.1. The third-order valence-electron chi connectivity index (χ3n) is 3.83. The number of sulfonamides is 1. The van der Waals surface area contributed by atoms with E-state index in [4.69, 9.17) is 5.11 Å². The zero-order valence-electron chi connectivity index (χ0n) is 11.0. The lowest BCUT2D eigenvalue weighted by Crippen LogP contribution is -2.30. The van der Waals surface area contributed by atoms with Crippen LogP contribution in [0.25, 0.3) is 0 Å². The number of aliphatic hydroxyl groups excluding tert-OH is 1. The van der Waals surface area contributed by atoms with Crippen LogP contribution in [0.3, 0.4) is 0 Å².